The van der Waals surface area contributed by atoms with Gasteiger partial charge in [-0.1, -0.05) is 31.5 Å². The van der Waals surface area contributed by atoms with Crippen LogP contribution in [0.3, 0.4) is 0 Å². The predicted molar refractivity (Wildman–Crippen MR) is 120 cm³/mol. The fourth-order valence-corrected chi connectivity index (χ4v) is 5.84. The SMILES string of the molecule is CC1(C)[C@@H]2[C@@H](C(=O)N[C@H](C#N)C[C@@H]3CCNC3=O)N(C(=O)c3cc4c(Cl)cccc4o3)C[C@@H]21. The van der Waals surface area contributed by atoms with Gasteiger partial charge in [0.15, 0.2) is 5.76 Å². The fraction of sp³-hybridized carbons (Fsp3) is 0.500. The first-order valence-corrected chi connectivity index (χ1v) is 11.6. The van der Waals surface area contributed by atoms with Crippen molar-refractivity contribution in [1.82, 2.24) is 15.5 Å². The molecule has 8 nitrogen and oxygen atoms in total. The summed E-state index contributed by atoms with van der Waals surface area (Å²) in [5, 5.41) is 16.3. The Hall–Kier alpha value is -3.05. The third-order valence-electron chi connectivity index (χ3n) is 7.61. The summed E-state index contributed by atoms with van der Waals surface area (Å²) in [6.07, 6.45) is 0.904. The number of halogens is 1. The van der Waals surface area contributed by atoms with E-state index < -0.39 is 12.1 Å². The monoisotopic (exact) mass is 468 g/mol. The summed E-state index contributed by atoms with van der Waals surface area (Å²) in [5.74, 6) is -0.769. The van der Waals surface area contributed by atoms with Gasteiger partial charge in [-0.25, -0.2) is 0 Å². The largest absolute Gasteiger partial charge is 0.451 e. The maximum absolute atomic E-state index is 13.4. The van der Waals surface area contributed by atoms with E-state index in [1.807, 2.05) is 0 Å². The van der Waals surface area contributed by atoms with Crippen LogP contribution in [0, 0.1) is 34.5 Å². The van der Waals surface area contributed by atoms with Crippen LogP contribution in [-0.2, 0) is 9.59 Å². The van der Waals surface area contributed by atoms with E-state index in [1.54, 1.807) is 29.2 Å². The Kier molecular flexibility index (Phi) is 5.13. The summed E-state index contributed by atoms with van der Waals surface area (Å²) < 4.78 is 5.75. The Morgan fingerprint density at radius 1 is 1.42 bits per heavy atom. The molecule has 1 aliphatic carbocycles. The number of nitriles is 1. The molecule has 2 aromatic rings. The van der Waals surface area contributed by atoms with Gasteiger partial charge in [0.25, 0.3) is 5.91 Å². The number of rotatable bonds is 5. The zero-order valence-electron chi connectivity index (χ0n) is 18.4. The molecular weight excluding hydrogens is 444 g/mol. The highest BCUT2D eigenvalue weighted by Crippen LogP contribution is 2.65. The minimum absolute atomic E-state index is 0.00328. The van der Waals surface area contributed by atoms with Crippen LogP contribution in [0.2, 0.25) is 5.02 Å². The molecule has 3 aliphatic rings. The highest BCUT2D eigenvalue weighted by atomic mass is 35.5. The van der Waals surface area contributed by atoms with Crippen LogP contribution >= 0.6 is 11.6 Å². The molecule has 0 bridgehead atoms. The number of nitrogens with zero attached hydrogens (tertiary/aromatic N) is 2. The normalized spacial score (nSPS) is 28.2. The van der Waals surface area contributed by atoms with Gasteiger partial charge < -0.3 is 20.0 Å². The van der Waals surface area contributed by atoms with E-state index in [0.29, 0.717) is 35.5 Å². The molecule has 3 heterocycles. The van der Waals surface area contributed by atoms with E-state index in [0.717, 1.165) is 0 Å². The summed E-state index contributed by atoms with van der Waals surface area (Å²) in [4.78, 5) is 40.2. The van der Waals surface area contributed by atoms with E-state index >= 15 is 0 Å². The second kappa shape index (κ2) is 7.77. The maximum atomic E-state index is 13.4. The zero-order valence-corrected chi connectivity index (χ0v) is 19.2. The lowest BCUT2D eigenvalue weighted by atomic mass is 9.97. The van der Waals surface area contributed by atoms with Gasteiger partial charge in [0, 0.05) is 24.4 Å². The lowest BCUT2D eigenvalue weighted by Crippen LogP contribution is -2.52. The Labute approximate surface area is 196 Å². The Balaban J connectivity index is 1.37. The standard InChI is InChI=1S/C24H25ClN4O4/c1-24(2)15-11-29(23(32)18-9-14-16(25)4-3-5-17(14)33-18)20(19(15)24)22(31)28-13(10-26)8-12-6-7-27-21(12)30/h3-5,9,12-13,15,19-20H,6-8,11H2,1-2H3,(H,27,30)(H,28,31)/t12-,13-,15-,19-,20-/m0/s1. The van der Waals surface area contributed by atoms with Crippen LogP contribution in [0.25, 0.3) is 11.0 Å². The van der Waals surface area contributed by atoms with Gasteiger partial charge in [-0.05, 0) is 48.3 Å². The molecule has 2 N–H and O–H groups in total. The Morgan fingerprint density at radius 3 is 2.88 bits per heavy atom. The third-order valence-corrected chi connectivity index (χ3v) is 7.94. The molecule has 172 valence electrons. The molecular formula is C24H25ClN4O4. The van der Waals surface area contributed by atoms with Crippen LogP contribution in [0.1, 0.15) is 37.2 Å². The van der Waals surface area contributed by atoms with Crippen molar-refractivity contribution in [3.05, 3.63) is 35.0 Å². The number of carbonyl (C=O) groups excluding carboxylic acids is 3. The summed E-state index contributed by atoms with van der Waals surface area (Å²) >= 11 is 6.23. The van der Waals surface area contributed by atoms with E-state index in [1.165, 1.54) is 0 Å². The molecule has 5 rings (SSSR count). The summed E-state index contributed by atoms with van der Waals surface area (Å²) in [6.45, 7) is 5.22. The van der Waals surface area contributed by atoms with Crippen molar-refractivity contribution in [2.24, 2.45) is 23.2 Å². The van der Waals surface area contributed by atoms with Crippen LogP contribution in [-0.4, -0.2) is 47.8 Å². The van der Waals surface area contributed by atoms with E-state index in [4.69, 9.17) is 16.0 Å². The lowest BCUT2D eigenvalue weighted by Gasteiger charge is -2.30. The van der Waals surface area contributed by atoms with E-state index in [2.05, 4.69) is 30.6 Å². The van der Waals surface area contributed by atoms with Gasteiger partial charge in [0.05, 0.1) is 11.1 Å². The average Bonchev–Trinajstić information content (AvgIpc) is 3.30. The van der Waals surface area contributed by atoms with Gasteiger partial charge in [-0.3, -0.25) is 14.4 Å². The number of carbonyl (C=O) groups is 3. The molecule has 9 heteroatoms. The van der Waals surface area contributed by atoms with Crippen molar-refractivity contribution in [2.45, 2.75) is 38.8 Å². The van der Waals surface area contributed by atoms with Crippen LogP contribution in [0.15, 0.2) is 28.7 Å². The molecule has 2 aliphatic heterocycles. The molecule has 3 amide bonds. The number of fused-ring (bicyclic) bond motifs is 2. The number of amides is 3. The summed E-state index contributed by atoms with van der Waals surface area (Å²) in [5.41, 5.74) is 0.444. The first kappa shape index (κ1) is 21.8. The van der Waals surface area contributed by atoms with Crippen molar-refractivity contribution in [3.63, 3.8) is 0 Å². The second-order valence-corrected chi connectivity index (χ2v) is 10.2. The minimum atomic E-state index is -0.797. The first-order chi connectivity index (χ1) is 15.7. The highest BCUT2D eigenvalue weighted by molar-refractivity contribution is 6.35. The number of hydrogen-bond donors (Lipinski definition) is 2. The number of hydrogen-bond acceptors (Lipinski definition) is 5. The molecule has 1 saturated carbocycles. The molecule has 0 spiro atoms. The van der Waals surface area contributed by atoms with Gasteiger partial charge in [-0.2, -0.15) is 5.26 Å². The summed E-state index contributed by atoms with van der Waals surface area (Å²) in [6, 6.07) is 7.43. The predicted octanol–water partition coefficient (Wildman–Crippen LogP) is 2.72. The van der Waals surface area contributed by atoms with Gasteiger partial charge >= 0.3 is 0 Å². The van der Waals surface area contributed by atoms with Crippen LogP contribution in [0.4, 0.5) is 0 Å². The lowest BCUT2D eigenvalue weighted by molar-refractivity contribution is -0.127. The number of benzene rings is 1. The highest BCUT2D eigenvalue weighted by Gasteiger charge is 2.69. The average molecular weight is 469 g/mol. The van der Waals surface area contributed by atoms with Crippen molar-refractivity contribution < 1.29 is 18.8 Å². The molecule has 1 aromatic carbocycles. The van der Waals surface area contributed by atoms with Crippen molar-refractivity contribution in [1.29, 1.82) is 5.26 Å². The minimum Gasteiger partial charge on any atom is -0.451 e. The molecule has 33 heavy (non-hydrogen) atoms. The van der Waals surface area contributed by atoms with Gasteiger partial charge in [-0.15, -0.1) is 0 Å². The molecule has 2 saturated heterocycles. The molecule has 1 aromatic heterocycles. The van der Waals surface area contributed by atoms with Crippen LogP contribution in [0.5, 0.6) is 0 Å². The third kappa shape index (κ3) is 3.55. The number of likely N-dealkylation sites (tertiary alicyclic amines) is 1. The number of furan rings is 1. The second-order valence-electron chi connectivity index (χ2n) is 9.82. The zero-order chi connectivity index (χ0) is 23.5. The fourth-order valence-electron chi connectivity index (χ4n) is 5.62. The molecule has 3 fully saturated rings. The van der Waals surface area contributed by atoms with Gasteiger partial charge in [0.1, 0.15) is 17.7 Å². The van der Waals surface area contributed by atoms with Crippen molar-refractivity contribution in [2.75, 3.05) is 13.1 Å². The van der Waals surface area contributed by atoms with Gasteiger partial charge in [0.2, 0.25) is 11.8 Å². The number of nitrogens with one attached hydrogen (secondary N) is 2. The number of piperidine rings is 1. The molecule has 5 atom stereocenters. The van der Waals surface area contributed by atoms with E-state index in [9.17, 15) is 19.6 Å². The van der Waals surface area contributed by atoms with Crippen molar-refractivity contribution >= 4 is 40.3 Å². The van der Waals surface area contributed by atoms with Crippen molar-refractivity contribution in [3.8, 4) is 6.07 Å². The first-order valence-electron chi connectivity index (χ1n) is 11.2. The summed E-state index contributed by atoms with van der Waals surface area (Å²) in [7, 11) is 0. The Morgan fingerprint density at radius 2 is 2.21 bits per heavy atom. The van der Waals surface area contributed by atoms with Crippen LogP contribution < -0.4 is 10.6 Å². The topological polar surface area (TPSA) is 115 Å². The maximum Gasteiger partial charge on any atom is 0.290 e. The smallest absolute Gasteiger partial charge is 0.290 e. The molecule has 0 unspecified atom stereocenters. The molecule has 0 radical (unpaired) electrons. The van der Waals surface area contributed by atoms with E-state index in [-0.39, 0.29) is 53.1 Å². The quantitative estimate of drug-likeness (QED) is 0.700. The Bertz CT molecular complexity index is 1200.